The van der Waals surface area contributed by atoms with Crippen molar-refractivity contribution < 1.29 is 4.79 Å². The number of para-hydroxylation sites is 1. The largest absolute Gasteiger partial charge is 0.307 e. The quantitative estimate of drug-likeness (QED) is 0.425. The zero-order chi connectivity index (χ0) is 20.1. The Kier molecular flexibility index (Phi) is 5.25. The molecule has 1 aromatic heterocycles. The molecular formula is C23H18N4O2. The number of carbonyl (C=O) groups excluding carboxylic acids is 1. The number of nitrogens with one attached hydrogen (secondary N) is 1. The van der Waals surface area contributed by atoms with Crippen molar-refractivity contribution in [1.29, 1.82) is 0 Å². The van der Waals surface area contributed by atoms with E-state index in [1.54, 1.807) is 30.5 Å². The van der Waals surface area contributed by atoms with E-state index in [2.05, 4.69) is 15.5 Å². The normalized spacial score (nSPS) is 11.0. The van der Waals surface area contributed by atoms with Crippen LogP contribution < -0.4 is 11.0 Å². The minimum atomic E-state index is -0.545. The Labute approximate surface area is 167 Å². The van der Waals surface area contributed by atoms with E-state index in [9.17, 15) is 9.59 Å². The van der Waals surface area contributed by atoms with Gasteiger partial charge in [-0.2, -0.15) is 5.10 Å². The van der Waals surface area contributed by atoms with Gasteiger partial charge in [-0.05, 0) is 23.3 Å². The van der Waals surface area contributed by atoms with Crippen molar-refractivity contribution in [3.63, 3.8) is 0 Å². The van der Waals surface area contributed by atoms with Crippen molar-refractivity contribution in [2.75, 3.05) is 0 Å². The first-order valence-corrected chi connectivity index (χ1v) is 9.14. The third kappa shape index (κ3) is 4.11. The van der Waals surface area contributed by atoms with Crippen LogP contribution in [-0.2, 0) is 6.54 Å². The van der Waals surface area contributed by atoms with Crippen molar-refractivity contribution in [1.82, 2.24) is 15.0 Å². The van der Waals surface area contributed by atoms with Gasteiger partial charge >= 0.3 is 5.91 Å². The molecule has 0 atom stereocenters. The Balaban J connectivity index is 1.71. The molecule has 6 nitrogen and oxygen atoms in total. The predicted octanol–water partition coefficient (Wildman–Crippen LogP) is 3.21. The molecule has 4 aromatic rings. The first-order chi connectivity index (χ1) is 14.2. The number of rotatable bonds is 5. The van der Waals surface area contributed by atoms with Gasteiger partial charge in [0.15, 0.2) is 0 Å². The third-order valence-electron chi connectivity index (χ3n) is 4.43. The number of hydrogen-bond donors (Lipinski definition) is 1. The zero-order valence-electron chi connectivity index (χ0n) is 15.5. The summed E-state index contributed by atoms with van der Waals surface area (Å²) < 4.78 is 1.38. The number of hydrogen-bond acceptors (Lipinski definition) is 4. The lowest BCUT2D eigenvalue weighted by atomic mass is 10.2. The highest BCUT2D eigenvalue weighted by molar-refractivity contribution is 5.93. The van der Waals surface area contributed by atoms with E-state index in [-0.39, 0.29) is 17.9 Å². The fourth-order valence-electron chi connectivity index (χ4n) is 3.01. The Hall–Kier alpha value is -4.06. The van der Waals surface area contributed by atoms with Crippen LogP contribution in [-0.4, -0.2) is 21.7 Å². The molecule has 0 aliphatic carbocycles. The maximum atomic E-state index is 13.1. The zero-order valence-corrected chi connectivity index (χ0v) is 15.5. The van der Waals surface area contributed by atoms with Crippen LogP contribution in [0, 0.1) is 0 Å². The molecular weight excluding hydrogens is 364 g/mol. The molecule has 1 amide bonds. The first-order valence-electron chi connectivity index (χ1n) is 9.14. The summed E-state index contributed by atoms with van der Waals surface area (Å²) >= 11 is 0. The molecule has 0 saturated heterocycles. The lowest BCUT2D eigenvalue weighted by Crippen LogP contribution is -2.32. The van der Waals surface area contributed by atoms with E-state index in [0.717, 1.165) is 11.1 Å². The number of carbonyl (C=O) groups is 1. The standard InChI is InChI=1S/C23H18N4O2/c28-22(26-24-15-17-9-3-1-4-10-17)21-25-20-14-8-7-13-19(20)23(29)27(21)16-18-11-5-2-6-12-18/h1-15H,16H2,(H,26,28). The molecule has 0 spiro atoms. The van der Waals surface area contributed by atoms with Crippen molar-refractivity contribution in [3.05, 3.63) is 112 Å². The molecule has 0 saturated carbocycles. The highest BCUT2D eigenvalue weighted by atomic mass is 16.2. The second-order valence-corrected chi connectivity index (χ2v) is 6.44. The van der Waals surface area contributed by atoms with Gasteiger partial charge in [-0.1, -0.05) is 72.8 Å². The van der Waals surface area contributed by atoms with E-state index in [4.69, 9.17) is 0 Å². The smallest absolute Gasteiger partial charge is 0.283 e. The minimum absolute atomic E-state index is 0.0164. The van der Waals surface area contributed by atoms with E-state index >= 15 is 0 Å². The van der Waals surface area contributed by atoms with Crippen LogP contribution in [0.5, 0.6) is 0 Å². The lowest BCUT2D eigenvalue weighted by Gasteiger charge is -2.12. The Bertz CT molecular complexity index is 1230. The molecule has 142 valence electrons. The summed E-state index contributed by atoms with van der Waals surface area (Å²) in [6, 6.07) is 25.9. The molecule has 29 heavy (non-hydrogen) atoms. The van der Waals surface area contributed by atoms with E-state index < -0.39 is 5.91 Å². The van der Waals surface area contributed by atoms with Crippen LogP contribution in [0.4, 0.5) is 0 Å². The first kappa shape index (κ1) is 18.3. The second-order valence-electron chi connectivity index (χ2n) is 6.44. The Morgan fingerprint density at radius 2 is 1.59 bits per heavy atom. The van der Waals surface area contributed by atoms with Gasteiger partial charge in [0.1, 0.15) is 0 Å². The summed E-state index contributed by atoms with van der Waals surface area (Å²) in [6.45, 7) is 0.239. The van der Waals surface area contributed by atoms with Crippen LogP contribution in [0.2, 0.25) is 0 Å². The molecule has 4 rings (SSSR count). The molecule has 1 heterocycles. The van der Waals surface area contributed by atoms with Gasteiger partial charge in [0, 0.05) is 0 Å². The van der Waals surface area contributed by atoms with Gasteiger partial charge in [-0.3, -0.25) is 14.2 Å². The summed E-state index contributed by atoms with van der Waals surface area (Å²) in [5.74, 6) is -0.529. The Morgan fingerprint density at radius 3 is 2.34 bits per heavy atom. The summed E-state index contributed by atoms with van der Waals surface area (Å²) in [5, 5.41) is 4.46. The molecule has 0 aliphatic heterocycles. The van der Waals surface area contributed by atoms with Crippen molar-refractivity contribution in [2.24, 2.45) is 5.10 Å². The molecule has 0 unspecified atom stereocenters. The van der Waals surface area contributed by atoms with Gasteiger partial charge in [0.05, 0.1) is 23.7 Å². The van der Waals surface area contributed by atoms with Crippen LogP contribution in [0.1, 0.15) is 21.7 Å². The van der Waals surface area contributed by atoms with Gasteiger partial charge in [-0.15, -0.1) is 0 Å². The van der Waals surface area contributed by atoms with Gasteiger partial charge in [0.25, 0.3) is 5.56 Å². The van der Waals surface area contributed by atoms with E-state index in [0.29, 0.717) is 10.9 Å². The Morgan fingerprint density at radius 1 is 0.931 bits per heavy atom. The van der Waals surface area contributed by atoms with Crippen molar-refractivity contribution in [2.45, 2.75) is 6.54 Å². The average molecular weight is 382 g/mol. The number of amides is 1. The summed E-state index contributed by atoms with van der Waals surface area (Å²) in [6.07, 6.45) is 1.54. The number of aromatic nitrogens is 2. The molecule has 3 aromatic carbocycles. The van der Waals surface area contributed by atoms with Crippen LogP contribution in [0.15, 0.2) is 94.8 Å². The summed E-state index contributed by atoms with van der Waals surface area (Å²) in [4.78, 5) is 30.3. The fraction of sp³-hybridized carbons (Fsp3) is 0.0435. The summed E-state index contributed by atoms with van der Waals surface area (Å²) in [5.41, 5.74) is 4.42. The second kappa shape index (κ2) is 8.31. The van der Waals surface area contributed by atoms with Gasteiger partial charge < -0.3 is 0 Å². The number of fused-ring (bicyclic) bond motifs is 1. The molecule has 6 heteroatoms. The molecule has 0 bridgehead atoms. The van der Waals surface area contributed by atoms with Crippen LogP contribution >= 0.6 is 0 Å². The van der Waals surface area contributed by atoms with E-state index in [1.165, 1.54) is 4.57 Å². The fourth-order valence-corrected chi connectivity index (χ4v) is 3.01. The average Bonchev–Trinajstić information content (AvgIpc) is 2.77. The van der Waals surface area contributed by atoms with Gasteiger partial charge in [0.2, 0.25) is 5.82 Å². The third-order valence-corrected chi connectivity index (χ3v) is 4.43. The molecule has 1 N–H and O–H groups in total. The number of nitrogens with zero attached hydrogens (tertiary/aromatic N) is 3. The van der Waals surface area contributed by atoms with Gasteiger partial charge in [-0.25, -0.2) is 10.4 Å². The lowest BCUT2D eigenvalue weighted by molar-refractivity contribution is 0.0939. The highest BCUT2D eigenvalue weighted by Crippen LogP contribution is 2.10. The predicted molar refractivity (Wildman–Crippen MR) is 113 cm³/mol. The monoisotopic (exact) mass is 382 g/mol. The molecule has 0 aliphatic rings. The van der Waals surface area contributed by atoms with E-state index in [1.807, 2.05) is 60.7 Å². The van der Waals surface area contributed by atoms with Crippen LogP contribution in [0.25, 0.3) is 10.9 Å². The molecule has 0 fully saturated rings. The topological polar surface area (TPSA) is 76.3 Å². The maximum absolute atomic E-state index is 13.1. The SMILES string of the molecule is O=C(NN=Cc1ccccc1)c1nc2ccccc2c(=O)n1Cc1ccccc1. The van der Waals surface area contributed by atoms with Crippen molar-refractivity contribution in [3.8, 4) is 0 Å². The highest BCUT2D eigenvalue weighted by Gasteiger charge is 2.17. The number of benzene rings is 3. The summed E-state index contributed by atoms with van der Waals surface area (Å²) in [7, 11) is 0. The minimum Gasteiger partial charge on any atom is -0.283 e. The van der Waals surface area contributed by atoms with Crippen molar-refractivity contribution >= 4 is 23.0 Å². The number of hydrazone groups is 1. The maximum Gasteiger partial charge on any atom is 0.307 e. The van der Waals surface area contributed by atoms with Crippen LogP contribution in [0.3, 0.4) is 0 Å². The molecule has 0 radical (unpaired) electrons.